The van der Waals surface area contributed by atoms with Crippen molar-refractivity contribution in [1.82, 2.24) is 0 Å². The molecule has 0 aliphatic rings. The van der Waals surface area contributed by atoms with E-state index in [4.69, 9.17) is 9.47 Å². The molecule has 3 nitrogen and oxygen atoms in total. The SMILES string of the molecule is CCCCCCCCCC(=O)OCCOCCCCCCCC. The third kappa shape index (κ3) is 19.4. The molecule has 0 bridgehead atoms. The van der Waals surface area contributed by atoms with Gasteiger partial charge in [0.1, 0.15) is 6.61 Å². The van der Waals surface area contributed by atoms with Gasteiger partial charge in [-0.2, -0.15) is 0 Å². The molecule has 0 amide bonds. The second-order valence-electron chi connectivity index (χ2n) is 6.47. The van der Waals surface area contributed by atoms with E-state index in [0.29, 0.717) is 19.6 Å². The fourth-order valence-corrected chi connectivity index (χ4v) is 2.60. The molecular weight excluding hydrogens is 288 g/mol. The topological polar surface area (TPSA) is 35.5 Å². The van der Waals surface area contributed by atoms with Crippen LogP contribution in [0.5, 0.6) is 0 Å². The van der Waals surface area contributed by atoms with Crippen molar-refractivity contribution in [2.75, 3.05) is 19.8 Å². The van der Waals surface area contributed by atoms with Gasteiger partial charge < -0.3 is 9.47 Å². The molecule has 0 heterocycles. The largest absolute Gasteiger partial charge is 0.463 e. The van der Waals surface area contributed by atoms with Gasteiger partial charge in [-0.05, 0) is 12.8 Å². The Morgan fingerprint density at radius 2 is 1.13 bits per heavy atom. The zero-order valence-electron chi connectivity index (χ0n) is 15.7. The molecule has 0 aromatic heterocycles. The predicted molar refractivity (Wildman–Crippen MR) is 97.8 cm³/mol. The molecule has 0 aromatic rings. The van der Waals surface area contributed by atoms with Gasteiger partial charge in [0.25, 0.3) is 0 Å². The summed E-state index contributed by atoms with van der Waals surface area (Å²) in [5.74, 6) is -0.0678. The molecule has 23 heavy (non-hydrogen) atoms. The number of ether oxygens (including phenoxy) is 2. The van der Waals surface area contributed by atoms with Crippen molar-refractivity contribution in [3.05, 3.63) is 0 Å². The van der Waals surface area contributed by atoms with Crippen molar-refractivity contribution in [3.8, 4) is 0 Å². The number of rotatable bonds is 18. The lowest BCUT2D eigenvalue weighted by molar-refractivity contribution is -0.145. The summed E-state index contributed by atoms with van der Waals surface area (Å²) in [5, 5.41) is 0. The minimum atomic E-state index is -0.0678. The van der Waals surface area contributed by atoms with Gasteiger partial charge in [-0.1, -0.05) is 84.5 Å². The second-order valence-corrected chi connectivity index (χ2v) is 6.47. The maximum Gasteiger partial charge on any atom is 0.305 e. The number of esters is 1. The Morgan fingerprint density at radius 1 is 0.609 bits per heavy atom. The van der Waals surface area contributed by atoms with Crippen LogP contribution in [0.15, 0.2) is 0 Å². The summed E-state index contributed by atoms with van der Waals surface area (Å²) < 4.78 is 10.7. The van der Waals surface area contributed by atoms with Gasteiger partial charge in [0.15, 0.2) is 0 Å². The zero-order valence-corrected chi connectivity index (χ0v) is 15.7. The summed E-state index contributed by atoms with van der Waals surface area (Å²) in [6.07, 6.45) is 16.8. The van der Waals surface area contributed by atoms with E-state index in [9.17, 15) is 4.79 Å². The van der Waals surface area contributed by atoms with E-state index in [1.807, 2.05) is 0 Å². The summed E-state index contributed by atoms with van der Waals surface area (Å²) >= 11 is 0. The van der Waals surface area contributed by atoms with Gasteiger partial charge in [-0.15, -0.1) is 0 Å². The minimum Gasteiger partial charge on any atom is -0.463 e. The maximum atomic E-state index is 11.5. The van der Waals surface area contributed by atoms with E-state index in [1.54, 1.807) is 0 Å². The highest BCUT2D eigenvalue weighted by molar-refractivity contribution is 5.69. The molecule has 0 atom stereocenters. The highest BCUT2D eigenvalue weighted by atomic mass is 16.6. The minimum absolute atomic E-state index is 0.0678. The molecule has 0 radical (unpaired) electrons. The lowest BCUT2D eigenvalue weighted by atomic mass is 10.1. The van der Waals surface area contributed by atoms with Crippen LogP contribution in [0.3, 0.4) is 0 Å². The average molecular weight is 329 g/mol. The smallest absolute Gasteiger partial charge is 0.305 e. The van der Waals surface area contributed by atoms with E-state index in [0.717, 1.165) is 25.9 Å². The zero-order chi connectivity index (χ0) is 17.0. The van der Waals surface area contributed by atoms with Gasteiger partial charge in [0.05, 0.1) is 6.61 Å². The van der Waals surface area contributed by atoms with Crippen molar-refractivity contribution in [2.24, 2.45) is 0 Å². The number of carbonyl (C=O) groups excluding carboxylic acids is 1. The molecule has 0 saturated carbocycles. The van der Waals surface area contributed by atoms with Crippen molar-refractivity contribution in [3.63, 3.8) is 0 Å². The van der Waals surface area contributed by atoms with Crippen LogP contribution in [0, 0.1) is 0 Å². The fourth-order valence-electron chi connectivity index (χ4n) is 2.60. The van der Waals surface area contributed by atoms with Crippen LogP contribution < -0.4 is 0 Å². The molecule has 0 rings (SSSR count). The third-order valence-electron chi connectivity index (χ3n) is 4.12. The molecule has 0 spiro atoms. The van der Waals surface area contributed by atoms with Crippen LogP contribution in [0.25, 0.3) is 0 Å². The highest BCUT2D eigenvalue weighted by Crippen LogP contribution is 2.09. The third-order valence-corrected chi connectivity index (χ3v) is 4.12. The van der Waals surface area contributed by atoms with Gasteiger partial charge in [-0.3, -0.25) is 4.79 Å². The molecule has 0 fully saturated rings. The first-order valence-corrected chi connectivity index (χ1v) is 10.0. The molecule has 0 aromatic carbocycles. The molecule has 0 aliphatic carbocycles. The highest BCUT2D eigenvalue weighted by Gasteiger charge is 2.02. The lowest BCUT2D eigenvalue weighted by Gasteiger charge is -2.06. The Bertz CT molecular complexity index is 241. The normalized spacial score (nSPS) is 10.9. The molecule has 3 heteroatoms. The molecule has 138 valence electrons. The fraction of sp³-hybridized carbons (Fsp3) is 0.950. The van der Waals surface area contributed by atoms with Crippen LogP contribution in [0.2, 0.25) is 0 Å². The van der Waals surface area contributed by atoms with Crippen molar-refractivity contribution in [1.29, 1.82) is 0 Å². The molecule has 0 N–H and O–H groups in total. The van der Waals surface area contributed by atoms with Gasteiger partial charge >= 0.3 is 5.97 Å². The Kier molecular flexibility index (Phi) is 19.0. The standard InChI is InChI=1S/C20H40O3/c1-3-5-7-9-11-12-14-16-20(21)23-19-18-22-17-15-13-10-8-6-4-2/h3-19H2,1-2H3. The Balaban J connectivity index is 3.13. The van der Waals surface area contributed by atoms with E-state index < -0.39 is 0 Å². The maximum absolute atomic E-state index is 11.5. The van der Waals surface area contributed by atoms with Crippen LogP contribution in [0.1, 0.15) is 104 Å². The molecule has 0 saturated heterocycles. The summed E-state index contributed by atoms with van der Waals surface area (Å²) in [6, 6.07) is 0. The monoisotopic (exact) mass is 328 g/mol. The molecular formula is C20H40O3. The van der Waals surface area contributed by atoms with Gasteiger partial charge in [0, 0.05) is 13.0 Å². The number of carbonyl (C=O) groups is 1. The molecule has 0 unspecified atom stereocenters. The van der Waals surface area contributed by atoms with Crippen LogP contribution in [-0.4, -0.2) is 25.8 Å². The van der Waals surface area contributed by atoms with Crippen molar-refractivity contribution >= 4 is 5.97 Å². The number of unbranched alkanes of at least 4 members (excludes halogenated alkanes) is 11. The van der Waals surface area contributed by atoms with Gasteiger partial charge in [0.2, 0.25) is 0 Å². The Morgan fingerprint density at radius 3 is 1.74 bits per heavy atom. The molecule has 0 aliphatic heterocycles. The summed E-state index contributed by atoms with van der Waals surface area (Å²) in [6.45, 7) is 6.20. The quantitative estimate of drug-likeness (QED) is 0.227. The summed E-state index contributed by atoms with van der Waals surface area (Å²) in [4.78, 5) is 11.5. The van der Waals surface area contributed by atoms with Crippen LogP contribution in [-0.2, 0) is 14.3 Å². The van der Waals surface area contributed by atoms with Crippen LogP contribution >= 0.6 is 0 Å². The first kappa shape index (κ1) is 22.4. The van der Waals surface area contributed by atoms with E-state index >= 15 is 0 Å². The number of hydrogen-bond acceptors (Lipinski definition) is 3. The second kappa shape index (κ2) is 19.5. The average Bonchev–Trinajstić information content (AvgIpc) is 2.55. The first-order valence-electron chi connectivity index (χ1n) is 10.0. The lowest BCUT2D eigenvalue weighted by Crippen LogP contribution is -2.10. The van der Waals surface area contributed by atoms with Crippen LogP contribution in [0.4, 0.5) is 0 Å². The van der Waals surface area contributed by atoms with E-state index in [-0.39, 0.29) is 5.97 Å². The number of hydrogen-bond donors (Lipinski definition) is 0. The summed E-state index contributed by atoms with van der Waals surface area (Å²) in [5.41, 5.74) is 0. The van der Waals surface area contributed by atoms with Gasteiger partial charge in [-0.25, -0.2) is 0 Å². The first-order chi connectivity index (χ1) is 11.3. The van der Waals surface area contributed by atoms with E-state index in [2.05, 4.69) is 13.8 Å². The Hall–Kier alpha value is -0.570. The predicted octanol–water partition coefficient (Wildman–Crippen LogP) is 6.05. The van der Waals surface area contributed by atoms with Crippen molar-refractivity contribution in [2.45, 2.75) is 104 Å². The van der Waals surface area contributed by atoms with E-state index in [1.165, 1.54) is 64.2 Å². The van der Waals surface area contributed by atoms with Crippen molar-refractivity contribution < 1.29 is 14.3 Å². The Labute approximate surface area is 144 Å². The summed E-state index contributed by atoms with van der Waals surface area (Å²) in [7, 11) is 0.